The smallest absolute Gasteiger partial charge is 0.292 e. The average Bonchev–Trinajstić information content (AvgIpc) is 2.64. The van der Waals surface area contributed by atoms with Gasteiger partial charge in [-0.05, 0) is 6.42 Å². The van der Waals surface area contributed by atoms with Crippen molar-refractivity contribution in [3.63, 3.8) is 0 Å². The van der Waals surface area contributed by atoms with E-state index in [2.05, 4.69) is 10.1 Å². The van der Waals surface area contributed by atoms with Crippen LogP contribution >= 0.6 is 0 Å². The minimum Gasteiger partial charge on any atom is -0.292 e. The van der Waals surface area contributed by atoms with Gasteiger partial charge in [-0.25, -0.2) is 9.67 Å². The van der Waals surface area contributed by atoms with Gasteiger partial charge in [0, 0.05) is 6.54 Å². The monoisotopic (exact) mass is 271 g/mol. The van der Waals surface area contributed by atoms with Crippen LogP contribution in [0.5, 0.6) is 0 Å². The van der Waals surface area contributed by atoms with Gasteiger partial charge in [-0.3, -0.25) is 4.79 Å². The first kappa shape index (κ1) is 14.5. The second-order valence-corrected chi connectivity index (χ2v) is 3.57. The topological polar surface area (TPSA) is 47.8 Å². The highest BCUT2D eigenvalue weighted by atomic mass is 19.4. The Morgan fingerprint density at radius 1 is 1.33 bits per heavy atom. The van der Waals surface area contributed by atoms with Crippen LogP contribution in [-0.2, 0) is 17.8 Å². The molecule has 0 spiro atoms. The number of hydrogen-bond donors (Lipinski definition) is 0. The number of alkyl halides is 5. The molecular formula is C9H10F5N3O. The molecule has 0 bridgehead atoms. The van der Waals surface area contributed by atoms with E-state index in [9.17, 15) is 26.7 Å². The largest absolute Gasteiger partial charge is 0.461 e. The summed E-state index contributed by atoms with van der Waals surface area (Å²) in [5, 5.41) is 3.63. The van der Waals surface area contributed by atoms with Gasteiger partial charge in [0.15, 0.2) is 0 Å². The molecule has 0 radical (unpaired) electrons. The van der Waals surface area contributed by atoms with Crippen molar-refractivity contribution in [3.8, 4) is 0 Å². The van der Waals surface area contributed by atoms with Crippen LogP contribution in [0.2, 0.25) is 0 Å². The number of ketones is 1. The van der Waals surface area contributed by atoms with E-state index in [0.29, 0.717) is 13.0 Å². The number of hydrogen-bond acceptors (Lipinski definition) is 3. The van der Waals surface area contributed by atoms with Gasteiger partial charge in [0.05, 0.1) is 6.42 Å². The molecule has 0 saturated carbocycles. The van der Waals surface area contributed by atoms with E-state index in [4.69, 9.17) is 0 Å². The Bertz CT molecular complexity index is 426. The first-order valence-corrected chi connectivity index (χ1v) is 5.04. The number of aryl methyl sites for hydroxylation is 1. The van der Waals surface area contributed by atoms with E-state index in [1.165, 1.54) is 0 Å². The first-order valence-electron chi connectivity index (χ1n) is 5.04. The molecule has 0 aliphatic rings. The molecule has 0 aliphatic heterocycles. The van der Waals surface area contributed by atoms with Gasteiger partial charge < -0.3 is 0 Å². The van der Waals surface area contributed by atoms with Crippen LogP contribution in [0.15, 0.2) is 6.33 Å². The number of halogens is 5. The molecule has 0 aliphatic carbocycles. The van der Waals surface area contributed by atoms with Gasteiger partial charge in [-0.2, -0.15) is 27.1 Å². The summed E-state index contributed by atoms with van der Waals surface area (Å²) >= 11 is 0. The zero-order valence-electron chi connectivity index (χ0n) is 9.34. The number of carbonyl (C=O) groups is 1. The summed E-state index contributed by atoms with van der Waals surface area (Å²) in [6, 6.07) is 0. The summed E-state index contributed by atoms with van der Waals surface area (Å²) in [6.45, 7) is 2.05. The van der Waals surface area contributed by atoms with Crippen molar-refractivity contribution >= 4 is 5.78 Å². The van der Waals surface area contributed by atoms with Gasteiger partial charge in [0.1, 0.15) is 12.2 Å². The van der Waals surface area contributed by atoms with E-state index >= 15 is 0 Å². The molecule has 4 nitrogen and oxygen atoms in total. The third kappa shape index (κ3) is 2.82. The molecule has 0 unspecified atom stereocenters. The minimum absolute atomic E-state index is 0.203. The molecule has 0 fully saturated rings. The van der Waals surface area contributed by atoms with Crippen LogP contribution < -0.4 is 0 Å². The van der Waals surface area contributed by atoms with Crippen molar-refractivity contribution in [3.05, 3.63) is 12.2 Å². The molecule has 0 saturated heterocycles. The van der Waals surface area contributed by atoms with Crippen LogP contribution in [0.1, 0.15) is 19.2 Å². The lowest BCUT2D eigenvalue weighted by Gasteiger charge is -2.17. The highest BCUT2D eigenvalue weighted by molar-refractivity contribution is 5.87. The molecule has 102 valence electrons. The zero-order valence-corrected chi connectivity index (χ0v) is 9.34. The molecule has 0 amide bonds. The van der Waals surface area contributed by atoms with Crippen molar-refractivity contribution < 1.29 is 26.7 Å². The molecule has 0 N–H and O–H groups in total. The maximum absolute atomic E-state index is 12.7. The summed E-state index contributed by atoms with van der Waals surface area (Å²) < 4.78 is 62.4. The fourth-order valence-corrected chi connectivity index (χ4v) is 1.24. The number of rotatable bonds is 5. The Hall–Kier alpha value is -1.54. The van der Waals surface area contributed by atoms with Crippen LogP contribution in [0.4, 0.5) is 22.0 Å². The van der Waals surface area contributed by atoms with Gasteiger partial charge in [-0.1, -0.05) is 6.92 Å². The van der Waals surface area contributed by atoms with Gasteiger partial charge in [-0.15, -0.1) is 0 Å². The second-order valence-electron chi connectivity index (χ2n) is 3.57. The van der Waals surface area contributed by atoms with Crippen molar-refractivity contribution in [2.75, 3.05) is 0 Å². The highest BCUT2D eigenvalue weighted by Gasteiger charge is 2.62. The standard InChI is InChI=1S/C9H10F5N3O/c1-2-3-17-7(15-5-16-17)4-6(18)8(10,11)9(12,13)14/h5H,2-4H2,1H3. The summed E-state index contributed by atoms with van der Waals surface area (Å²) in [6.07, 6.45) is -5.41. The van der Waals surface area contributed by atoms with Gasteiger partial charge in [0.25, 0.3) is 0 Å². The van der Waals surface area contributed by atoms with Crippen LogP contribution in [0.25, 0.3) is 0 Å². The second kappa shape index (κ2) is 4.99. The molecule has 1 rings (SSSR count). The van der Waals surface area contributed by atoms with Gasteiger partial charge >= 0.3 is 12.1 Å². The summed E-state index contributed by atoms with van der Waals surface area (Å²) in [5.74, 6) is -7.80. The molecule has 9 heteroatoms. The van der Waals surface area contributed by atoms with Gasteiger partial charge in [0.2, 0.25) is 5.78 Å². The predicted octanol–water partition coefficient (Wildman–Crippen LogP) is 2.00. The lowest BCUT2D eigenvalue weighted by molar-refractivity contribution is -0.268. The van der Waals surface area contributed by atoms with Crippen LogP contribution in [-0.4, -0.2) is 32.6 Å². The quantitative estimate of drug-likeness (QED) is 0.769. The van der Waals surface area contributed by atoms with Crippen molar-refractivity contribution in [1.82, 2.24) is 14.8 Å². The van der Waals surface area contributed by atoms with Crippen molar-refractivity contribution in [2.24, 2.45) is 0 Å². The molecule has 0 atom stereocenters. The molecular weight excluding hydrogens is 261 g/mol. The summed E-state index contributed by atoms with van der Waals surface area (Å²) in [4.78, 5) is 14.5. The maximum Gasteiger partial charge on any atom is 0.461 e. The van der Waals surface area contributed by atoms with E-state index < -0.39 is 24.3 Å². The third-order valence-electron chi connectivity index (χ3n) is 2.16. The Kier molecular flexibility index (Phi) is 4.02. The Morgan fingerprint density at radius 3 is 2.44 bits per heavy atom. The Morgan fingerprint density at radius 2 is 1.94 bits per heavy atom. The molecule has 18 heavy (non-hydrogen) atoms. The first-order chi connectivity index (χ1) is 8.20. The van der Waals surface area contributed by atoms with E-state index in [-0.39, 0.29) is 5.82 Å². The SMILES string of the molecule is CCCn1ncnc1CC(=O)C(F)(F)C(F)(F)F. The summed E-state index contributed by atoms with van der Waals surface area (Å²) in [5.41, 5.74) is 0. The Labute approximate surface area is 98.8 Å². The fourth-order valence-electron chi connectivity index (χ4n) is 1.24. The number of aromatic nitrogens is 3. The maximum atomic E-state index is 12.7. The van der Waals surface area contributed by atoms with Crippen molar-refractivity contribution in [2.45, 2.75) is 38.4 Å². The zero-order chi connectivity index (χ0) is 14.0. The average molecular weight is 271 g/mol. The van der Waals surface area contributed by atoms with E-state index in [1.807, 2.05) is 0 Å². The number of nitrogens with zero attached hydrogens (tertiary/aromatic N) is 3. The lowest BCUT2D eigenvalue weighted by atomic mass is 10.1. The third-order valence-corrected chi connectivity index (χ3v) is 2.16. The van der Waals surface area contributed by atoms with Crippen molar-refractivity contribution in [1.29, 1.82) is 0 Å². The normalized spacial score (nSPS) is 12.8. The number of carbonyl (C=O) groups excluding carboxylic acids is 1. The summed E-state index contributed by atoms with van der Waals surface area (Å²) in [7, 11) is 0. The van der Waals surface area contributed by atoms with E-state index in [1.54, 1.807) is 6.92 Å². The molecule has 0 aromatic carbocycles. The highest BCUT2D eigenvalue weighted by Crippen LogP contribution is 2.36. The molecule has 1 heterocycles. The molecule has 1 aromatic heterocycles. The molecule has 1 aromatic rings. The van der Waals surface area contributed by atoms with Crippen LogP contribution in [0, 0.1) is 0 Å². The number of Topliss-reactive ketones (excluding diaryl/α,β-unsaturated/α-hetero) is 1. The minimum atomic E-state index is -5.89. The lowest BCUT2D eigenvalue weighted by Crippen LogP contribution is -2.45. The fraction of sp³-hybridized carbons (Fsp3) is 0.667. The Balaban J connectivity index is 2.85. The van der Waals surface area contributed by atoms with E-state index in [0.717, 1.165) is 11.0 Å². The van der Waals surface area contributed by atoms with Crippen LogP contribution in [0.3, 0.4) is 0 Å². The predicted molar refractivity (Wildman–Crippen MR) is 50.0 cm³/mol.